The molecule has 0 heterocycles. The van der Waals surface area contributed by atoms with Crippen molar-refractivity contribution in [3.8, 4) is 0 Å². The highest BCUT2D eigenvalue weighted by atomic mass is 16.6. The average Bonchev–Trinajstić information content (AvgIpc) is 2.02. The van der Waals surface area contributed by atoms with E-state index >= 15 is 0 Å². The molecule has 82 valence electrons. The molecule has 0 saturated heterocycles. The molecule has 0 saturated carbocycles. The Morgan fingerprint density at radius 1 is 1.36 bits per heavy atom. The van der Waals surface area contributed by atoms with E-state index < -0.39 is 24.7 Å². The lowest BCUT2D eigenvalue weighted by molar-refractivity contribution is -0.186. The lowest BCUT2D eigenvalue weighted by Gasteiger charge is -2.32. The van der Waals surface area contributed by atoms with E-state index in [1.54, 1.807) is 6.92 Å². The highest BCUT2D eigenvalue weighted by Crippen LogP contribution is 2.09. The molecular weight excluding hydrogens is 186 g/mol. The second kappa shape index (κ2) is 5.74. The smallest absolute Gasteiger partial charge is 0.331 e. The number of ether oxygens (including phenoxy) is 1. The van der Waals surface area contributed by atoms with Crippen LogP contribution in [0.4, 0.5) is 0 Å². The number of carbonyl (C=O) groups is 1. The average molecular weight is 203 g/mol. The topological polar surface area (TPSA) is 70.0 Å². The summed E-state index contributed by atoms with van der Waals surface area (Å²) in [5.74, 6) is -0.594. The number of esters is 1. The third kappa shape index (κ3) is 3.87. The van der Waals surface area contributed by atoms with Crippen LogP contribution in [-0.4, -0.2) is 39.8 Å². The molecular formula is C9H17NO4. The molecule has 2 N–H and O–H groups in total. The molecule has 0 aliphatic carbocycles. The molecule has 0 aromatic rings. The van der Waals surface area contributed by atoms with E-state index in [0.29, 0.717) is 0 Å². The molecule has 0 radical (unpaired) electrons. The van der Waals surface area contributed by atoms with E-state index in [2.05, 4.69) is 6.58 Å². The number of aliphatic hydroxyl groups is 2. The van der Waals surface area contributed by atoms with Crippen molar-refractivity contribution in [2.45, 2.75) is 39.5 Å². The van der Waals surface area contributed by atoms with Gasteiger partial charge in [-0.3, -0.25) is 0 Å². The Hall–Kier alpha value is -0.910. The van der Waals surface area contributed by atoms with E-state index in [0.717, 1.165) is 6.08 Å². The molecule has 0 rings (SSSR count). The highest BCUT2D eigenvalue weighted by Gasteiger charge is 2.24. The number of rotatable bonds is 5. The SMILES string of the molecule is C=CC(=O)OC(C)N(C(C)O)C(C)O. The summed E-state index contributed by atoms with van der Waals surface area (Å²) in [6, 6.07) is 0. The van der Waals surface area contributed by atoms with Gasteiger partial charge in [-0.1, -0.05) is 6.58 Å². The fourth-order valence-electron chi connectivity index (χ4n) is 1.20. The summed E-state index contributed by atoms with van der Waals surface area (Å²) in [7, 11) is 0. The van der Waals surface area contributed by atoms with Crippen molar-refractivity contribution in [2.75, 3.05) is 0 Å². The molecule has 0 aliphatic heterocycles. The normalized spacial score (nSPS) is 17.3. The predicted molar refractivity (Wildman–Crippen MR) is 51.0 cm³/mol. The summed E-state index contributed by atoms with van der Waals surface area (Å²) in [4.78, 5) is 12.1. The lowest BCUT2D eigenvalue weighted by atomic mass is 10.4. The first kappa shape index (κ1) is 13.1. The Morgan fingerprint density at radius 2 is 1.79 bits per heavy atom. The number of carbonyl (C=O) groups excluding carboxylic acids is 1. The minimum Gasteiger partial charge on any atom is -0.443 e. The molecule has 14 heavy (non-hydrogen) atoms. The second-order valence-corrected chi connectivity index (χ2v) is 2.95. The quantitative estimate of drug-likeness (QED) is 0.375. The minimum absolute atomic E-state index is 0.594. The maximum Gasteiger partial charge on any atom is 0.331 e. The zero-order valence-corrected chi connectivity index (χ0v) is 8.67. The van der Waals surface area contributed by atoms with Gasteiger partial charge in [0.2, 0.25) is 0 Å². The van der Waals surface area contributed by atoms with Gasteiger partial charge in [-0.15, -0.1) is 0 Å². The third-order valence-electron chi connectivity index (χ3n) is 1.74. The summed E-state index contributed by atoms with van der Waals surface area (Å²) >= 11 is 0. The van der Waals surface area contributed by atoms with Crippen LogP contribution in [-0.2, 0) is 9.53 Å². The molecule has 0 aromatic heterocycles. The molecule has 3 unspecified atom stereocenters. The molecule has 5 heteroatoms. The van der Waals surface area contributed by atoms with Crippen LogP contribution < -0.4 is 0 Å². The second-order valence-electron chi connectivity index (χ2n) is 2.95. The van der Waals surface area contributed by atoms with Gasteiger partial charge in [0.1, 0.15) is 12.5 Å². The Balaban J connectivity index is 4.36. The fourth-order valence-corrected chi connectivity index (χ4v) is 1.20. The number of aliphatic hydroxyl groups excluding tert-OH is 2. The van der Waals surface area contributed by atoms with Crippen LogP contribution in [0.5, 0.6) is 0 Å². The summed E-state index contributed by atoms with van der Waals surface area (Å²) in [5, 5.41) is 18.6. The Labute approximate surface area is 83.6 Å². The number of hydrogen-bond donors (Lipinski definition) is 2. The Bertz CT molecular complexity index is 195. The largest absolute Gasteiger partial charge is 0.443 e. The summed E-state index contributed by atoms with van der Waals surface area (Å²) in [6.07, 6.45) is -1.48. The van der Waals surface area contributed by atoms with Gasteiger partial charge in [-0.2, -0.15) is 0 Å². The molecule has 3 atom stereocenters. The van der Waals surface area contributed by atoms with E-state index in [1.807, 2.05) is 0 Å². The molecule has 0 bridgehead atoms. The highest BCUT2D eigenvalue weighted by molar-refractivity contribution is 5.81. The van der Waals surface area contributed by atoms with Crippen molar-refractivity contribution in [3.05, 3.63) is 12.7 Å². The van der Waals surface area contributed by atoms with Gasteiger partial charge in [0.05, 0.1) is 0 Å². The third-order valence-corrected chi connectivity index (χ3v) is 1.74. The van der Waals surface area contributed by atoms with Gasteiger partial charge in [-0.05, 0) is 20.8 Å². The maximum atomic E-state index is 10.8. The van der Waals surface area contributed by atoms with Crippen LogP contribution in [0.15, 0.2) is 12.7 Å². The van der Waals surface area contributed by atoms with Crippen LogP contribution >= 0.6 is 0 Å². The van der Waals surface area contributed by atoms with E-state index in [1.165, 1.54) is 18.7 Å². The van der Waals surface area contributed by atoms with Crippen LogP contribution in [0, 0.1) is 0 Å². The van der Waals surface area contributed by atoms with Crippen molar-refractivity contribution >= 4 is 5.97 Å². The lowest BCUT2D eigenvalue weighted by Crippen LogP contribution is -2.47. The predicted octanol–water partition coefficient (Wildman–Crippen LogP) is 0.0402. The first-order valence-corrected chi connectivity index (χ1v) is 4.36. The van der Waals surface area contributed by atoms with E-state index in [-0.39, 0.29) is 0 Å². The zero-order chi connectivity index (χ0) is 11.3. The van der Waals surface area contributed by atoms with Crippen molar-refractivity contribution in [3.63, 3.8) is 0 Å². The van der Waals surface area contributed by atoms with Crippen LogP contribution in [0.1, 0.15) is 20.8 Å². The van der Waals surface area contributed by atoms with E-state index in [9.17, 15) is 15.0 Å². The van der Waals surface area contributed by atoms with Crippen molar-refractivity contribution in [1.82, 2.24) is 4.90 Å². The van der Waals surface area contributed by atoms with E-state index in [4.69, 9.17) is 4.74 Å². The first-order chi connectivity index (χ1) is 6.40. The molecule has 0 spiro atoms. The molecule has 0 aromatic carbocycles. The maximum absolute atomic E-state index is 10.8. The molecule has 0 amide bonds. The summed E-state index contributed by atoms with van der Waals surface area (Å²) < 4.78 is 4.83. The summed E-state index contributed by atoms with van der Waals surface area (Å²) in [6.45, 7) is 7.76. The van der Waals surface area contributed by atoms with Gasteiger partial charge in [-0.25, -0.2) is 9.69 Å². The monoisotopic (exact) mass is 203 g/mol. The van der Waals surface area contributed by atoms with Gasteiger partial charge in [0.25, 0.3) is 0 Å². The molecule has 0 aliphatic rings. The zero-order valence-electron chi connectivity index (χ0n) is 8.67. The van der Waals surface area contributed by atoms with Crippen LogP contribution in [0.3, 0.4) is 0 Å². The van der Waals surface area contributed by atoms with Gasteiger partial charge in [0.15, 0.2) is 6.23 Å². The van der Waals surface area contributed by atoms with Crippen LogP contribution in [0.25, 0.3) is 0 Å². The van der Waals surface area contributed by atoms with Gasteiger partial charge in [0, 0.05) is 6.08 Å². The van der Waals surface area contributed by atoms with Crippen molar-refractivity contribution in [2.24, 2.45) is 0 Å². The molecule has 5 nitrogen and oxygen atoms in total. The number of hydrogen-bond acceptors (Lipinski definition) is 5. The Kier molecular flexibility index (Phi) is 5.37. The first-order valence-electron chi connectivity index (χ1n) is 4.36. The minimum atomic E-state index is -0.900. The van der Waals surface area contributed by atoms with Crippen molar-refractivity contribution in [1.29, 1.82) is 0 Å². The van der Waals surface area contributed by atoms with Gasteiger partial charge < -0.3 is 14.9 Å². The molecule has 0 fully saturated rings. The number of nitrogens with zero attached hydrogens (tertiary/aromatic N) is 1. The Morgan fingerprint density at radius 3 is 2.07 bits per heavy atom. The summed E-state index contributed by atoms with van der Waals surface area (Å²) in [5.41, 5.74) is 0. The van der Waals surface area contributed by atoms with Crippen LogP contribution in [0.2, 0.25) is 0 Å². The fraction of sp³-hybridized carbons (Fsp3) is 0.667. The van der Waals surface area contributed by atoms with Crippen molar-refractivity contribution < 1.29 is 19.7 Å². The standard InChI is InChI=1S/C9H17NO4/c1-5-9(13)14-8(4)10(6(2)11)7(3)12/h5-8,11-12H,1H2,2-4H3. The van der Waals surface area contributed by atoms with Gasteiger partial charge >= 0.3 is 5.97 Å².